The number of phenolic OH excluding ortho intramolecular Hbond substituents is 1. The summed E-state index contributed by atoms with van der Waals surface area (Å²) >= 11 is 0. The van der Waals surface area contributed by atoms with Crippen molar-refractivity contribution in [2.45, 2.75) is 72.6 Å². The van der Waals surface area contributed by atoms with Crippen molar-refractivity contribution in [3.63, 3.8) is 0 Å². The van der Waals surface area contributed by atoms with Gasteiger partial charge in [-0.05, 0) is 46.1 Å². The largest absolute Gasteiger partial charge is 0.507 e. The second-order valence-electron chi connectivity index (χ2n) is 10.8. The minimum Gasteiger partial charge on any atom is -0.507 e. The minimum absolute atomic E-state index is 0.163. The van der Waals surface area contributed by atoms with Gasteiger partial charge in [0.1, 0.15) is 5.75 Å². The summed E-state index contributed by atoms with van der Waals surface area (Å²) in [5.41, 5.74) is 3.07. The van der Waals surface area contributed by atoms with Gasteiger partial charge >= 0.3 is 5.97 Å². The maximum Gasteiger partial charge on any atom is 0.338 e. The molecule has 0 aliphatic rings. The minimum atomic E-state index is -0.296. The van der Waals surface area contributed by atoms with Gasteiger partial charge in [0.2, 0.25) is 0 Å². The Hall–Kier alpha value is -2.29. The summed E-state index contributed by atoms with van der Waals surface area (Å²) in [6, 6.07) is 13.3. The van der Waals surface area contributed by atoms with Crippen molar-refractivity contribution in [1.82, 2.24) is 0 Å². The molecule has 0 spiro atoms. The smallest absolute Gasteiger partial charge is 0.338 e. The predicted octanol–water partition coefficient (Wildman–Crippen LogP) is 6.41. The number of esters is 1. The van der Waals surface area contributed by atoms with E-state index in [-0.39, 0.29) is 22.2 Å². The molecule has 0 saturated carbocycles. The van der Waals surface area contributed by atoms with Crippen LogP contribution in [0.1, 0.15) is 82.4 Å². The molecule has 2 aromatic rings. The molecule has 29 heavy (non-hydrogen) atoms. The van der Waals surface area contributed by atoms with Crippen LogP contribution in [0.3, 0.4) is 0 Å². The Labute approximate surface area is 176 Å². The highest BCUT2D eigenvalue weighted by Gasteiger charge is 2.29. The van der Waals surface area contributed by atoms with Gasteiger partial charge in [0.15, 0.2) is 0 Å². The SMILES string of the molecule is CC(C)(COC(=O)c1ccccc1)Cc1cc(C(C)(C)C)c(O)c(C(C)(C)C)c1. The number of hydrogen-bond donors (Lipinski definition) is 1. The fourth-order valence-corrected chi connectivity index (χ4v) is 3.46. The Bertz CT molecular complexity index is 815. The van der Waals surface area contributed by atoms with Gasteiger partial charge in [-0.1, -0.05) is 85.7 Å². The Morgan fingerprint density at radius 2 is 1.34 bits per heavy atom. The number of carbonyl (C=O) groups excluding carboxylic acids is 1. The lowest BCUT2D eigenvalue weighted by Crippen LogP contribution is -2.25. The van der Waals surface area contributed by atoms with Crippen molar-refractivity contribution in [2.75, 3.05) is 6.61 Å². The molecule has 0 unspecified atom stereocenters. The molecule has 0 saturated heterocycles. The first-order valence-electron chi connectivity index (χ1n) is 10.3. The van der Waals surface area contributed by atoms with E-state index in [9.17, 15) is 9.90 Å². The van der Waals surface area contributed by atoms with Crippen LogP contribution in [0.2, 0.25) is 0 Å². The summed E-state index contributed by atoms with van der Waals surface area (Å²) in [5, 5.41) is 10.9. The Kier molecular flexibility index (Phi) is 6.51. The van der Waals surface area contributed by atoms with Crippen molar-refractivity contribution in [3.05, 3.63) is 64.7 Å². The molecule has 3 heteroatoms. The van der Waals surface area contributed by atoms with Crippen LogP contribution in [-0.2, 0) is 22.0 Å². The summed E-state index contributed by atoms with van der Waals surface area (Å²) in [6.07, 6.45) is 0.751. The highest BCUT2D eigenvalue weighted by Crippen LogP contribution is 2.40. The number of hydrogen-bond acceptors (Lipinski definition) is 3. The van der Waals surface area contributed by atoms with E-state index < -0.39 is 0 Å². The Morgan fingerprint density at radius 3 is 1.79 bits per heavy atom. The molecular formula is C26H36O3. The number of aromatic hydroxyl groups is 1. The monoisotopic (exact) mass is 396 g/mol. The molecule has 0 bridgehead atoms. The van der Waals surface area contributed by atoms with E-state index >= 15 is 0 Å². The van der Waals surface area contributed by atoms with Gasteiger partial charge in [-0.15, -0.1) is 0 Å². The molecule has 0 heterocycles. The first-order chi connectivity index (χ1) is 13.2. The second kappa shape index (κ2) is 8.22. The van der Waals surface area contributed by atoms with E-state index in [1.807, 2.05) is 18.2 Å². The third-order valence-electron chi connectivity index (χ3n) is 5.07. The van der Waals surface area contributed by atoms with Gasteiger partial charge in [0.25, 0.3) is 0 Å². The van der Waals surface area contributed by atoms with E-state index in [0.717, 1.165) is 23.1 Å². The highest BCUT2D eigenvalue weighted by molar-refractivity contribution is 5.89. The lowest BCUT2D eigenvalue weighted by molar-refractivity contribution is 0.0341. The third kappa shape index (κ3) is 6.09. The number of carbonyl (C=O) groups is 1. The van der Waals surface area contributed by atoms with Crippen molar-refractivity contribution in [2.24, 2.45) is 5.41 Å². The van der Waals surface area contributed by atoms with E-state index in [0.29, 0.717) is 17.9 Å². The van der Waals surface area contributed by atoms with Crippen LogP contribution in [0.4, 0.5) is 0 Å². The zero-order valence-corrected chi connectivity index (χ0v) is 19.2. The van der Waals surface area contributed by atoms with Crippen LogP contribution in [0.5, 0.6) is 5.75 Å². The number of phenols is 1. The quantitative estimate of drug-likeness (QED) is 0.594. The first kappa shape index (κ1) is 23.0. The number of benzene rings is 2. The average Bonchev–Trinajstić information content (AvgIpc) is 2.59. The topological polar surface area (TPSA) is 46.5 Å². The molecule has 0 aromatic heterocycles. The van der Waals surface area contributed by atoms with Gasteiger partial charge in [-0.2, -0.15) is 0 Å². The molecule has 0 atom stereocenters. The van der Waals surface area contributed by atoms with Crippen molar-refractivity contribution in [1.29, 1.82) is 0 Å². The van der Waals surface area contributed by atoms with Gasteiger partial charge < -0.3 is 9.84 Å². The fourth-order valence-electron chi connectivity index (χ4n) is 3.46. The molecule has 0 aliphatic carbocycles. The third-order valence-corrected chi connectivity index (χ3v) is 5.07. The number of ether oxygens (including phenoxy) is 1. The van der Waals surface area contributed by atoms with Gasteiger partial charge in [-0.3, -0.25) is 0 Å². The zero-order valence-electron chi connectivity index (χ0n) is 19.2. The fraction of sp³-hybridized carbons (Fsp3) is 0.500. The zero-order chi connectivity index (χ0) is 22.0. The van der Waals surface area contributed by atoms with Gasteiger partial charge in [0.05, 0.1) is 12.2 Å². The van der Waals surface area contributed by atoms with Crippen LogP contribution >= 0.6 is 0 Å². The standard InChI is InChI=1S/C26H36O3/c1-24(2,3)20-14-18(15-21(22(20)27)25(4,5)6)16-26(7,8)17-29-23(28)19-12-10-9-11-13-19/h9-15,27H,16-17H2,1-8H3. The van der Waals surface area contributed by atoms with Crippen LogP contribution in [0, 0.1) is 5.41 Å². The lowest BCUT2D eigenvalue weighted by atomic mass is 9.76. The summed E-state index contributed by atoms with van der Waals surface area (Å²) in [5.74, 6) is 0.0946. The van der Waals surface area contributed by atoms with Crippen LogP contribution < -0.4 is 0 Å². The van der Waals surface area contributed by atoms with Crippen LogP contribution in [0.15, 0.2) is 42.5 Å². The highest BCUT2D eigenvalue weighted by atomic mass is 16.5. The Balaban J connectivity index is 2.26. The molecule has 3 nitrogen and oxygen atoms in total. The average molecular weight is 397 g/mol. The molecule has 0 amide bonds. The maximum atomic E-state index is 12.3. The molecular weight excluding hydrogens is 360 g/mol. The lowest BCUT2D eigenvalue weighted by Gasteiger charge is -2.30. The number of rotatable bonds is 5. The molecule has 0 radical (unpaired) electrons. The van der Waals surface area contributed by atoms with Crippen molar-refractivity contribution >= 4 is 5.97 Å². The first-order valence-corrected chi connectivity index (χ1v) is 10.3. The molecule has 1 N–H and O–H groups in total. The van der Waals surface area contributed by atoms with Crippen LogP contribution in [0.25, 0.3) is 0 Å². The normalized spacial score (nSPS) is 12.7. The van der Waals surface area contributed by atoms with E-state index in [2.05, 4.69) is 67.5 Å². The van der Waals surface area contributed by atoms with Gasteiger partial charge in [-0.25, -0.2) is 4.79 Å². The summed E-state index contributed by atoms with van der Waals surface area (Å²) < 4.78 is 5.60. The van der Waals surface area contributed by atoms with Gasteiger partial charge in [0, 0.05) is 5.41 Å². The molecule has 0 fully saturated rings. The summed E-state index contributed by atoms with van der Waals surface area (Å²) in [6.45, 7) is 17.2. The second-order valence-corrected chi connectivity index (χ2v) is 10.8. The maximum absolute atomic E-state index is 12.3. The Morgan fingerprint density at radius 1 is 0.862 bits per heavy atom. The molecule has 2 aromatic carbocycles. The summed E-state index contributed by atoms with van der Waals surface area (Å²) in [7, 11) is 0. The molecule has 158 valence electrons. The summed E-state index contributed by atoms with van der Waals surface area (Å²) in [4.78, 5) is 12.3. The molecule has 2 rings (SSSR count). The van der Waals surface area contributed by atoms with Crippen molar-refractivity contribution in [3.8, 4) is 5.75 Å². The predicted molar refractivity (Wildman–Crippen MR) is 120 cm³/mol. The van der Waals surface area contributed by atoms with E-state index in [1.165, 1.54) is 0 Å². The van der Waals surface area contributed by atoms with Crippen molar-refractivity contribution < 1.29 is 14.6 Å². The van der Waals surface area contributed by atoms with E-state index in [4.69, 9.17) is 4.74 Å². The van der Waals surface area contributed by atoms with E-state index in [1.54, 1.807) is 12.1 Å². The molecule has 0 aliphatic heterocycles. The van der Waals surface area contributed by atoms with Crippen LogP contribution in [-0.4, -0.2) is 17.7 Å².